The number of nitrogens with zero attached hydrogens (tertiary/aromatic N) is 2. The molecule has 0 aromatic heterocycles. The average molecular weight is 420 g/mol. The number of ether oxygens (including phenoxy) is 2. The number of piperazine rings is 1. The third-order valence-electron chi connectivity index (χ3n) is 5.24. The van der Waals surface area contributed by atoms with Crippen molar-refractivity contribution in [2.24, 2.45) is 0 Å². The van der Waals surface area contributed by atoms with Crippen LogP contribution in [-0.2, 0) is 0 Å². The second kappa shape index (κ2) is 9.86. The molecule has 1 aliphatic rings. The van der Waals surface area contributed by atoms with Crippen LogP contribution in [0.15, 0.2) is 19.2 Å². The SMILES string of the molecule is CCOc1c(NCCN2CCN(CCNc3c(OCC)c(=O)c3=O)CC2)c(=O)c1=O. The van der Waals surface area contributed by atoms with Gasteiger partial charge in [0.15, 0.2) is 11.5 Å². The molecule has 0 amide bonds. The second-order valence-electron chi connectivity index (χ2n) is 7.13. The first-order valence-corrected chi connectivity index (χ1v) is 10.3. The quantitative estimate of drug-likeness (QED) is 0.406. The van der Waals surface area contributed by atoms with Crippen LogP contribution < -0.4 is 41.8 Å². The van der Waals surface area contributed by atoms with Crippen LogP contribution in [0.5, 0.6) is 11.5 Å². The first kappa shape index (κ1) is 22.0. The number of hydrogen-bond donors (Lipinski definition) is 2. The standard InChI is InChI=1S/C20H28N4O6/c1-3-29-19-13(15(25)17(19)27)21-5-7-23-9-11-24(12-10-23)8-6-22-14-16(26)18(28)20(14)30-4-2/h21-22H,3-12H2,1-2H3. The zero-order chi connectivity index (χ0) is 21.7. The van der Waals surface area contributed by atoms with Crippen LogP contribution in [0.3, 0.4) is 0 Å². The van der Waals surface area contributed by atoms with Crippen molar-refractivity contribution in [2.45, 2.75) is 13.8 Å². The maximum atomic E-state index is 11.6. The summed E-state index contributed by atoms with van der Waals surface area (Å²) < 4.78 is 10.4. The van der Waals surface area contributed by atoms with Crippen LogP contribution >= 0.6 is 0 Å². The van der Waals surface area contributed by atoms with E-state index >= 15 is 0 Å². The molecule has 0 radical (unpaired) electrons. The summed E-state index contributed by atoms with van der Waals surface area (Å²) in [4.78, 5) is 50.7. The summed E-state index contributed by atoms with van der Waals surface area (Å²) in [5.41, 5.74) is -1.56. The molecule has 0 aliphatic carbocycles. The first-order chi connectivity index (χ1) is 14.5. The van der Waals surface area contributed by atoms with E-state index in [2.05, 4.69) is 20.4 Å². The van der Waals surface area contributed by atoms with Crippen molar-refractivity contribution in [3.05, 3.63) is 40.9 Å². The summed E-state index contributed by atoms with van der Waals surface area (Å²) in [5, 5.41) is 6.03. The van der Waals surface area contributed by atoms with Crippen LogP contribution in [0.2, 0.25) is 0 Å². The minimum absolute atomic E-state index is 0.147. The Balaban J connectivity index is 1.34. The maximum absolute atomic E-state index is 11.6. The van der Waals surface area contributed by atoms with Crippen molar-refractivity contribution in [2.75, 3.05) is 76.2 Å². The zero-order valence-corrected chi connectivity index (χ0v) is 17.4. The summed E-state index contributed by atoms with van der Waals surface area (Å²) in [6.45, 7) is 10.4. The van der Waals surface area contributed by atoms with Crippen molar-refractivity contribution < 1.29 is 9.47 Å². The molecule has 2 aromatic carbocycles. The predicted molar refractivity (Wildman–Crippen MR) is 115 cm³/mol. The Morgan fingerprint density at radius 1 is 0.667 bits per heavy atom. The van der Waals surface area contributed by atoms with Gasteiger partial charge in [-0.1, -0.05) is 0 Å². The second-order valence-corrected chi connectivity index (χ2v) is 7.13. The normalized spacial score (nSPS) is 15.5. The highest BCUT2D eigenvalue weighted by molar-refractivity contribution is 5.62. The summed E-state index contributed by atoms with van der Waals surface area (Å²) in [7, 11) is 0. The molecule has 1 aliphatic heterocycles. The molecule has 3 rings (SSSR count). The van der Waals surface area contributed by atoms with Gasteiger partial charge in [-0.2, -0.15) is 0 Å². The van der Waals surface area contributed by atoms with Gasteiger partial charge < -0.3 is 20.1 Å². The third kappa shape index (κ3) is 4.54. The highest BCUT2D eigenvalue weighted by Crippen LogP contribution is 2.17. The Hall–Kier alpha value is -2.72. The summed E-state index contributed by atoms with van der Waals surface area (Å²) in [6.07, 6.45) is 0. The van der Waals surface area contributed by atoms with E-state index in [0.29, 0.717) is 26.3 Å². The number of anilines is 2. The predicted octanol–water partition coefficient (Wildman–Crippen LogP) is -1.18. The fourth-order valence-corrected chi connectivity index (χ4v) is 3.54. The smallest absolute Gasteiger partial charge is 0.272 e. The number of hydrogen-bond acceptors (Lipinski definition) is 10. The minimum atomic E-state index is -0.557. The first-order valence-electron chi connectivity index (χ1n) is 10.3. The topological polar surface area (TPSA) is 117 Å². The van der Waals surface area contributed by atoms with Crippen molar-refractivity contribution in [1.29, 1.82) is 0 Å². The molecule has 0 atom stereocenters. The lowest BCUT2D eigenvalue weighted by Crippen LogP contribution is -2.49. The van der Waals surface area contributed by atoms with Crippen LogP contribution in [0.1, 0.15) is 13.8 Å². The van der Waals surface area contributed by atoms with E-state index in [4.69, 9.17) is 9.47 Å². The van der Waals surface area contributed by atoms with Crippen molar-refractivity contribution in [1.82, 2.24) is 9.80 Å². The van der Waals surface area contributed by atoms with Gasteiger partial charge in [0.25, 0.3) is 21.7 Å². The number of nitrogens with one attached hydrogen (secondary N) is 2. The van der Waals surface area contributed by atoms with Gasteiger partial charge in [0, 0.05) is 52.4 Å². The molecule has 30 heavy (non-hydrogen) atoms. The van der Waals surface area contributed by atoms with Gasteiger partial charge in [-0.15, -0.1) is 0 Å². The molecule has 2 N–H and O–H groups in total. The Morgan fingerprint density at radius 2 is 1.03 bits per heavy atom. The average Bonchev–Trinajstić information content (AvgIpc) is 2.77. The molecule has 0 saturated carbocycles. The molecule has 1 heterocycles. The van der Waals surface area contributed by atoms with E-state index in [1.54, 1.807) is 13.8 Å². The molecule has 0 unspecified atom stereocenters. The van der Waals surface area contributed by atoms with Gasteiger partial charge in [0.2, 0.25) is 0 Å². The van der Waals surface area contributed by atoms with Gasteiger partial charge in [0.05, 0.1) is 13.2 Å². The Morgan fingerprint density at radius 3 is 1.37 bits per heavy atom. The molecular formula is C20H28N4O6. The van der Waals surface area contributed by atoms with Crippen molar-refractivity contribution in [3.63, 3.8) is 0 Å². The Labute approximate surface area is 173 Å². The minimum Gasteiger partial charge on any atom is -0.488 e. The molecule has 2 aromatic rings. The van der Waals surface area contributed by atoms with Gasteiger partial charge in [-0.25, -0.2) is 0 Å². The molecule has 0 spiro atoms. The highest BCUT2D eigenvalue weighted by atomic mass is 16.5. The van der Waals surface area contributed by atoms with Crippen LogP contribution in [0, 0.1) is 0 Å². The van der Waals surface area contributed by atoms with Crippen LogP contribution in [-0.4, -0.2) is 75.4 Å². The molecule has 1 saturated heterocycles. The monoisotopic (exact) mass is 420 g/mol. The lowest BCUT2D eigenvalue weighted by atomic mass is 10.2. The summed E-state index contributed by atoms with van der Waals surface area (Å²) in [6, 6.07) is 0. The molecule has 10 nitrogen and oxygen atoms in total. The van der Waals surface area contributed by atoms with Crippen LogP contribution in [0.4, 0.5) is 11.4 Å². The van der Waals surface area contributed by atoms with E-state index in [1.807, 2.05) is 0 Å². The van der Waals surface area contributed by atoms with E-state index in [-0.39, 0.29) is 22.9 Å². The lowest BCUT2D eigenvalue weighted by molar-refractivity contribution is 0.140. The molecule has 0 bridgehead atoms. The van der Waals surface area contributed by atoms with Crippen molar-refractivity contribution >= 4 is 11.4 Å². The lowest BCUT2D eigenvalue weighted by Gasteiger charge is -2.34. The van der Waals surface area contributed by atoms with Crippen LogP contribution in [0.25, 0.3) is 0 Å². The zero-order valence-electron chi connectivity index (χ0n) is 17.4. The molecule has 1 fully saturated rings. The largest absolute Gasteiger partial charge is 0.488 e. The van der Waals surface area contributed by atoms with Crippen molar-refractivity contribution in [3.8, 4) is 11.5 Å². The van der Waals surface area contributed by atoms with E-state index in [0.717, 1.165) is 39.3 Å². The summed E-state index contributed by atoms with van der Waals surface area (Å²) in [5.74, 6) is 0.295. The third-order valence-corrected chi connectivity index (χ3v) is 5.24. The molecule has 164 valence electrons. The van der Waals surface area contributed by atoms with Gasteiger partial charge in [-0.05, 0) is 13.8 Å². The fourth-order valence-electron chi connectivity index (χ4n) is 3.54. The Kier molecular flexibility index (Phi) is 7.22. The van der Waals surface area contributed by atoms with Gasteiger partial charge in [-0.3, -0.25) is 29.0 Å². The fraction of sp³-hybridized carbons (Fsp3) is 0.600. The maximum Gasteiger partial charge on any atom is 0.272 e. The van der Waals surface area contributed by atoms with Gasteiger partial charge in [0.1, 0.15) is 11.4 Å². The van der Waals surface area contributed by atoms with E-state index in [1.165, 1.54) is 0 Å². The number of rotatable bonds is 12. The molecule has 10 heteroatoms. The van der Waals surface area contributed by atoms with E-state index < -0.39 is 21.7 Å². The Bertz CT molecular complexity index is 913. The summed E-state index contributed by atoms with van der Waals surface area (Å²) >= 11 is 0. The van der Waals surface area contributed by atoms with Gasteiger partial charge >= 0.3 is 0 Å². The van der Waals surface area contributed by atoms with E-state index in [9.17, 15) is 19.2 Å². The molecular weight excluding hydrogens is 392 g/mol. The highest BCUT2D eigenvalue weighted by Gasteiger charge is 2.24.